The number of fused-ring (bicyclic) bond motifs is 1. The highest BCUT2D eigenvalue weighted by molar-refractivity contribution is 5.97. The average Bonchev–Trinajstić information content (AvgIpc) is 2.85. The van der Waals surface area contributed by atoms with E-state index in [1.165, 1.54) is 16.8 Å². The molecule has 0 aliphatic heterocycles. The second-order valence-electron chi connectivity index (χ2n) is 4.03. The molecular formula is C14H10FN3O. The number of benzene rings is 2. The number of carbonyl (C=O) groups excluding carboxylic acids is 1. The Bertz CT molecular complexity index is 751. The predicted octanol–water partition coefficient (Wildman–Crippen LogP) is 3.26. The number of rotatable bonds is 1. The summed E-state index contributed by atoms with van der Waals surface area (Å²) in [4.78, 5) is 12.1. The van der Waals surface area contributed by atoms with Crippen LogP contribution < -0.4 is 5.32 Å². The smallest absolute Gasteiger partial charge is 0.303 e. The molecule has 5 heteroatoms. The molecule has 94 valence electrons. The fraction of sp³-hybridized carbons (Fsp3) is 0. The first-order valence-electron chi connectivity index (χ1n) is 5.74. The number of nitrogens with one attached hydrogen (secondary N) is 1. The average molecular weight is 255 g/mol. The minimum absolute atomic E-state index is 0.132. The molecule has 0 fully saturated rings. The summed E-state index contributed by atoms with van der Waals surface area (Å²) in [5, 5.41) is 7.35. The van der Waals surface area contributed by atoms with Crippen LogP contribution in [0.5, 0.6) is 0 Å². The van der Waals surface area contributed by atoms with E-state index in [-0.39, 0.29) is 5.69 Å². The van der Waals surface area contributed by atoms with Crippen molar-refractivity contribution in [3.8, 4) is 0 Å². The second-order valence-corrected chi connectivity index (χ2v) is 4.03. The number of carbonyl (C=O) groups is 1. The van der Waals surface area contributed by atoms with E-state index >= 15 is 0 Å². The number of anilines is 1. The van der Waals surface area contributed by atoms with E-state index in [0.717, 1.165) is 5.39 Å². The molecule has 0 saturated heterocycles. The fourth-order valence-electron chi connectivity index (χ4n) is 1.86. The van der Waals surface area contributed by atoms with E-state index in [1.54, 1.807) is 24.4 Å². The fourth-order valence-corrected chi connectivity index (χ4v) is 1.86. The highest BCUT2D eigenvalue weighted by Crippen LogP contribution is 2.15. The van der Waals surface area contributed by atoms with E-state index in [1.807, 2.05) is 18.2 Å². The molecule has 0 aliphatic rings. The molecule has 2 aromatic carbocycles. The summed E-state index contributed by atoms with van der Waals surface area (Å²) in [6.07, 6.45) is 1.59. The molecule has 3 rings (SSSR count). The van der Waals surface area contributed by atoms with Crippen molar-refractivity contribution in [3.63, 3.8) is 0 Å². The van der Waals surface area contributed by atoms with Gasteiger partial charge in [-0.2, -0.15) is 9.78 Å². The molecule has 4 nitrogen and oxygen atoms in total. The summed E-state index contributed by atoms with van der Waals surface area (Å²) in [6.45, 7) is 0. The Morgan fingerprint density at radius 3 is 2.68 bits per heavy atom. The molecule has 0 unspecified atom stereocenters. The van der Waals surface area contributed by atoms with Crippen molar-refractivity contribution in [1.82, 2.24) is 9.78 Å². The first kappa shape index (κ1) is 11.4. The molecule has 0 saturated carbocycles. The van der Waals surface area contributed by atoms with Crippen LogP contribution in [0.15, 0.2) is 54.7 Å². The highest BCUT2D eigenvalue weighted by atomic mass is 19.1. The third-order valence-electron chi connectivity index (χ3n) is 2.79. The molecule has 0 spiro atoms. The molecular weight excluding hydrogens is 245 g/mol. The van der Waals surface area contributed by atoms with Gasteiger partial charge in [0, 0.05) is 5.39 Å². The van der Waals surface area contributed by atoms with Crippen LogP contribution in [0.2, 0.25) is 0 Å². The minimum atomic E-state index is -0.494. The van der Waals surface area contributed by atoms with Gasteiger partial charge in [-0.1, -0.05) is 30.3 Å². The van der Waals surface area contributed by atoms with E-state index in [4.69, 9.17) is 0 Å². The third kappa shape index (κ3) is 2.06. The van der Waals surface area contributed by atoms with Crippen LogP contribution in [0.1, 0.15) is 0 Å². The normalized spacial score (nSPS) is 10.6. The highest BCUT2D eigenvalue weighted by Gasteiger charge is 2.11. The number of aromatic nitrogens is 2. The Morgan fingerprint density at radius 1 is 1.11 bits per heavy atom. The van der Waals surface area contributed by atoms with Crippen molar-refractivity contribution >= 4 is 22.6 Å². The lowest BCUT2D eigenvalue weighted by atomic mass is 10.3. The van der Waals surface area contributed by atoms with Gasteiger partial charge in [-0.25, -0.2) is 9.18 Å². The zero-order valence-corrected chi connectivity index (χ0v) is 9.88. The van der Waals surface area contributed by atoms with Crippen molar-refractivity contribution < 1.29 is 9.18 Å². The van der Waals surface area contributed by atoms with Crippen LogP contribution in [0, 0.1) is 5.82 Å². The Hall–Kier alpha value is -2.69. The number of amides is 1. The van der Waals surface area contributed by atoms with Gasteiger partial charge in [0.05, 0.1) is 17.4 Å². The molecule has 3 aromatic rings. The number of hydrogen-bond acceptors (Lipinski definition) is 2. The van der Waals surface area contributed by atoms with Crippen LogP contribution in [0.3, 0.4) is 0 Å². The third-order valence-corrected chi connectivity index (χ3v) is 2.79. The summed E-state index contributed by atoms with van der Waals surface area (Å²) in [5.74, 6) is -0.479. The van der Waals surface area contributed by atoms with Crippen molar-refractivity contribution in [2.45, 2.75) is 0 Å². The Labute approximate surface area is 108 Å². The molecule has 0 aliphatic carbocycles. The quantitative estimate of drug-likeness (QED) is 0.725. The number of halogens is 1. The summed E-state index contributed by atoms with van der Waals surface area (Å²) >= 11 is 0. The van der Waals surface area contributed by atoms with Crippen molar-refractivity contribution in [2.75, 3.05) is 5.32 Å². The molecule has 0 atom stereocenters. The maximum atomic E-state index is 13.5. The largest absolute Gasteiger partial charge is 0.347 e. The van der Waals surface area contributed by atoms with Crippen LogP contribution >= 0.6 is 0 Å². The van der Waals surface area contributed by atoms with Crippen molar-refractivity contribution in [1.29, 1.82) is 0 Å². The Morgan fingerprint density at radius 2 is 1.84 bits per heavy atom. The lowest BCUT2D eigenvalue weighted by molar-refractivity contribution is 0.251. The SMILES string of the molecule is O=C(Nc1ccccc1F)n1ncc2ccccc21. The molecule has 1 aromatic heterocycles. The first-order chi connectivity index (χ1) is 9.25. The molecule has 0 radical (unpaired) electrons. The maximum absolute atomic E-state index is 13.5. The van der Waals surface area contributed by atoms with Crippen molar-refractivity contribution in [3.05, 3.63) is 60.5 Å². The van der Waals surface area contributed by atoms with E-state index < -0.39 is 11.8 Å². The molecule has 1 amide bonds. The maximum Gasteiger partial charge on any atom is 0.347 e. The molecule has 1 N–H and O–H groups in total. The molecule has 1 heterocycles. The van der Waals surface area contributed by atoms with Gasteiger partial charge in [0.2, 0.25) is 0 Å². The lowest BCUT2D eigenvalue weighted by Gasteiger charge is -2.06. The molecule has 19 heavy (non-hydrogen) atoms. The van der Waals surface area contributed by atoms with Crippen LogP contribution in [-0.4, -0.2) is 15.8 Å². The zero-order chi connectivity index (χ0) is 13.2. The Kier molecular flexibility index (Phi) is 2.72. The van der Waals surface area contributed by atoms with Gasteiger partial charge >= 0.3 is 6.03 Å². The summed E-state index contributed by atoms with van der Waals surface area (Å²) in [6, 6.07) is 12.8. The topological polar surface area (TPSA) is 46.9 Å². The zero-order valence-electron chi connectivity index (χ0n) is 9.88. The summed E-state index contributed by atoms with van der Waals surface area (Å²) in [5.41, 5.74) is 0.809. The van der Waals surface area contributed by atoms with Gasteiger partial charge in [0.15, 0.2) is 0 Å². The predicted molar refractivity (Wildman–Crippen MR) is 70.5 cm³/mol. The number of hydrogen-bond donors (Lipinski definition) is 1. The van der Waals surface area contributed by atoms with Gasteiger partial charge in [-0.05, 0) is 18.2 Å². The van der Waals surface area contributed by atoms with Gasteiger partial charge < -0.3 is 5.32 Å². The van der Waals surface area contributed by atoms with Crippen LogP contribution in [0.4, 0.5) is 14.9 Å². The van der Waals surface area contributed by atoms with Gasteiger partial charge in [0.1, 0.15) is 5.82 Å². The molecule has 0 bridgehead atoms. The van der Waals surface area contributed by atoms with Gasteiger partial charge in [0.25, 0.3) is 0 Å². The van der Waals surface area contributed by atoms with E-state index in [9.17, 15) is 9.18 Å². The Balaban J connectivity index is 1.95. The summed E-state index contributed by atoms with van der Waals surface area (Å²) < 4.78 is 14.7. The van der Waals surface area contributed by atoms with Gasteiger partial charge in [-0.15, -0.1) is 0 Å². The summed E-state index contributed by atoms with van der Waals surface area (Å²) in [7, 11) is 0. The van der Waals surface area contributed by atoms with E-state index in [2.05, 4.69) is 10.4 Å². The lowest BCUT2D eigenvalue weighted by Crippen LogP contribution is -2.21. The minimum Gasteiger partial charge on any atom is -0.303 e. The van der Waals surface area contributed by atoms with Crippen molar-refractivity contribution in [2.24, 2.45) is 0 Å². The van der Waals surface area contributed by atoms with Crippen LogP contribution in [0.25, 0.3) is 10.9 Å². The number of nitrogens with zero attached hydrogens (tertiary/aromatic N) is 2. The first-order valence-corrected chi connectivity index (χ1v) is 5.74. The standard InChI is InChI=1S/C14H10FN3O/c15-11-6-2-3-7-12(11)17-14(19)18-13-8-4-1-5-10(13)9-16-18/h1-9H,(H,17,19). The number of para-hydroxylation sites is 2. The second kappa shape index (κ2) is 4.53. The van der Waals surface area contributed by atoms with Crippen LogP contribution in [-0.2, 0) is 0 Å². The van der Waals surface area contributed by atoms with Gasteiger partial charge in [-0.3, -0.25) is 0 Å². The van der Waals surface area contributed by atoms with E-state index in [0.29, 0.717) is 5.52 Å². The monoisotopic (exact) mass is 255 g/mol.